The number of nitrogens with zero attached hydrogens (tertiary/aromatic N) is 2. The van der Waals surface area contributed by atoms with Crippen LogP contribution in [0.5, 0.6) is 0 Å². The topological polar surface area (TPSA) is 46.3 Å². The van der Waals surface area contributed by atoms with Crippen molar-refractivity contribution in [1.82, 2.24) is 4.98 Å². The van der Waals surface area contributed by atoms with Crippen LogP contribution in [-0.2, 0) is 0 Å². The van der Waals surface area contributed by atoms with Gasteiger partial charge in [-0.15, -0.1) is 11.3 Å². The molecule has 1 aliphatic heterocycles. The van der Waals surface area contributed by atoms with Gasteiger partial charge in [0.1, 0.15) is 11.3 Å². The van der Waals surface area contributed by atoms with Crippen molar-refractivity contribution in [2.24, 2.45) is 0 Å². The van der Waals surface area contributed by atoms with Gasteiger partial charge in [0.25, 0.3) is 0 Å². The highest BCUT2D eigenvalue weighted by Crippen LogP contribution is 2.30. The van der Waals surface area contributed by atoms with E-state index in [4.69, 9.17) is 9.40 Å². The summed E-state index contributed by atoms with van der Waals surface area (Å²) in [6.45, 7) is 5.81. The first-order chi connectivity index (χ1) is 11.1. The van der Waals surface area contributed by atoms with E-state index in [9.17, 15) is 4.79 Å². The molecule has 0 bridgehead atoms. The summed E-state index contributed by atoms with van der Waals surface area (Å²) in [7, 11) is 0. The average molecular weight is 326 g/mol. The van der Waals surface area contributed by atoms with E-state index in [1.807, 2.05) is 32.0 Å². The third-order valence-corrected chi connectivity index (χ3v) is 5.42. The normalized spacial score (nSPS) is 14.8. The van der Waals surface area contributed by atoms with E-state index in [2.05, 4.69) is 10.3 Å². The highest BCUT2D eigenvalue weighted by Gasteiger charge is 2.16. The van der Waals surface area contributed by atoms with Gasteiger partial charge in [0, 0.05) is 29.6 Å². The lowest BCUT2D eigenvalue weighted by Crippen LogP contribution is -2.17. The van der Waals surface area contributed by atoms with E-state index in [1.165, 1.54) is 12.8 Å². The maximum atomic E-state index is 12.5. The molecule has 0 unspecified atom stereocenters. The maximum Gasteiger partial charge on any atom is 0.195 e. The molecule has 3 aromatic rings. The minimum atomic E-state index is 0.0422. The van der Waals surface area contributed by atoms with Gasteiger partial charge in [0.15, 0.2) is 10.6 Å². The molecule has 0 spiro atoms. The van der Waals surface area contributed by atoms with Gasteiger partial charge >= 0.3 is 0 Å². The first kappa shape index (κ1) is 14.5. The van der Waals surface area contributed by atoms with Crippen molar-refractivity contribution < 1.29 is 4.42 Å². The Balaban J connectivity index is 1.79. The molecule has 0 radical (unpaired) electrons. The van der Waals surface area contributed by atoms with Crippen molar-refractivity contribution in [1.29, 1.82) is 0 Å². The van der Waals surface area contributed by atoms with Crippen molar-refractivity contribution >= 4 is 27.4 Å². The number of rotatable bonds is 2. The van der Waals surface area contributed by atoms with Crippen molar-refractivity contribution in [3.8, 4) is 11.3 Å². The van der Waals surface area contributed by atoms with Crippen molar-refractivity contribution in [3.05, 3.63) is 45.1 Å². The molecule has 3 heterocycles. The third-order valence-electron chi connectivity index (χ3n) is 4.52. The van der Waals surface area contributed by atoms with Crippen molar-refractivity contribution in [2.45, 2.75) is 26.7 Å². The fraction of sp³-hybridized carbons (Fsp3) is 0.333. The number of anilines is 1. The third kappa shape index (κ3) is 2.45. The molecule has 4 nitrogen and oxygen atoms in total. The molecule has 5 heteroatoms. The molecule has 4 rings (SSSR count). The first-order valence-electron chi connectivity index (χ1n) is 7.88. The molecule has 23 heavy (non-hydrogen) atoms. The van der Waals surface area contributed by atoms with Crippen LogP contribution in [0.15, 0.2) is 32.8 Å². The lowest BCUT2D eigenvalue weighted by atomic mass is 10.1. The Hall–Kier alpha value is -2.14. The molecule has 1 aromatic carbocycles. The number of aromatic nitrogens is 1. The quantitative estimate of drug-likeness (QED) is 0.710. The number of benzene rings is 1. The monoisotopic (exact) mass is 326 g/mol. The Kier molecular flexibility index (Phi) is 3.45. The smallest absolute Gasteiger partial charge is 0.195 e. The molecular weight excluding hydrogens is 308 g/mol. The minimum Gasteiger partial charge on any atom is -0.461 e. The lowest BCUT2D eigenvalue weighted by Gasteiger charge is -2.12. The Labute approximate surface area is 138 Å². The molecule has 2 aromatic heterocycles. The minimum absolute atomic E-state index is 0.0422. The molecule has 1 fully saturated rings. The number of fused-ring (bicyclic) bond motifs is 1. The second kappa shape index (κ2) is 5.49. The fourth-order valence-corrected chi connectivity index (χ4v) is 3.90. The number of hydrogen-bond acceptors (Lipinski definition) is 5. The van der Waals surface area contributed by atoms with Crippen LogP contribution in [-0.4, -0.2) is 18.1 Å². The first-order valence-corrected chi connectivity index (χ1v) is 8.76. The zero-order valence-electron chi connectivity index (χ0n) is 13.3. The maximum absolute atomic E-state index is 12.5. The predicted molar refractivity (Wildman–Crippen MR) is 94.5 cm³/mol. The molecular formula is C18H18N2O2S. The van der Waals surface area contributed by atoms with Crippen molar-refractivity contribution in [2.75, 3.05) is 18.0 Å². The van der Waals surface area contributed by atoms with Gasteiger partial charge in [-0.1, -0.05) is 0 Å². The van der Waals surface area contributed by atoms with Gasteiger partial charge < -0.3 is 9.32 Å². The SMILES string of the molecule is Cc1oc2ccc(-c3csc(N4CCCC4)n3)cc2c(=O)c1C. The summed E-state index contributed by atoms with van der Waals surface area (Å²) in [5.41, 5.74) is 3.24. The van der Waals surface area contributed by atoms with Crippen LogP contribution in [0.1, 0.15) is 24.2 Å². The summed E-state index contributed by atoms with van der Waals surface area (Å²) in [6.07, 6.45) is 2.48. The van der Waals surface area contributed by atoms with Gasteiger partial charge in [-0.2, -0.15) is 0 Å². The summed E-state index contributed by atoms with van der Waals surface area (Å²) in [4.78, 5) is 19.5. The average Bonchev–Trinajstić information content (AvgIpc) is 3.23. The molecule has 118 valence electrons. The van der Waals surface area contributed by atoms with E-state index in [1.54, 1.807) is 11.3 Å². The van der Waals surface area contributed by atoms with Crippen LogP contribution in [0, 0.1) is 13.8 Å². The van der Waals surface area contributed by atoms with Crippen LogP contribution in [0.3, 0.4) is 0 Å². The highest BCUT2D eigenvalue weighted by molar-refractivity contribution is 7.14. The van der Waals surface area contributed by atoms with E-state index in [-0.39, 0.29) is 5.43 Å². The molecule has 0 N–H and O–H groups in total. The number of thiazole rings is 1. The molecule has 1 saturated heterocycles. The molecule has 0 amide bonds. The second-order valence-electron chi connectivity index (χ2n) is 6.03. The molecule has 0 aliphatic carbocycles. The highest BCUT2D eigenvalue weighted by atomic mass is 32.1. The summed E-state index contributed by atoms with van der Waals surface area (Å²) in [5.74, 6) is 0.681. The Morgan fingerprint density at radius 1 is 1.22 bits per heavy atom. The molecule has 0 saturated carbocycles. The summed E-state index contributed by atoms with van der Waals surface area (Å²) < 4.78 is 5.72. The molecule has 0 atom stereocenters. The van der Waals surface area contributed by atoms with Gasteiger partial charge in [-0.05, 0) is 44.9 Å². The Morgan fingerprint density at radius 3 is 2.78 bits per heavy atom. The van der Waals surface area contributed by atoms with E-state index in [0.29, 0.717) is 22.3 Å². The van der Waals surface area contributed by atoms with Crippen LogP contribution >= 0.6 is 11.3 Å². The van der Waals surface area contributed by atoms with Gasteiger partial charge in [-0.25, -0.2) is 4.98 Å². The van der Waals surface area contributed by atoms with Crippen LogP contribution in [0.25, 0.3) is 22.2 Å². The van der Waals surface area contributed by atoms with E-state index >= 15 is 0 Å². The summed E-state index contributed by atoms with van der Waals surface area (Å²) >= 11 is 1.67. The zero-order chi connectivity index (χ0) is 16.0. The second-order valence-corrected chi connectivity index (χ2v) is 6.87. The zero-order valence-corrected chi connectivity index (χ0v) is 14.1. The summed E-state index contributed by atoms with van der Waals surface area (Å²) in [6, 6.07) is 5.74. The number of aryl methyl sites for hydroxylation is 1. The summed E-state index contributed by atoms with van der Waals surface area (Å²) in [5, 5.41) is 3.77. The van der Waals surface area contributed by atoms with E-state index < -0.39 is 0 Å². The number of hydrogen-bond donors (Lipinski definition) is 0. The Morgan fingerprint density at radius 2 is 2.00 bits per heavy atom. The van der Waals surface area contributed by atoms with Gasteiger partial charge in [-0.3, -0.25) is 4.79 Å². The van der Waals surface area contributed by atoms with Crippen LogP contribution in [0.4, 0.5) is 5.13 Å². The predicted octanol–water partition coefficient (Wildman–Crippen LogP) is 4.13. The fourth-order valence-electron chi connectivity index (χ4n) is 3.01. The molecule has 1 aliphatic rings. The lowest BCUT2D eigenvalue weighted by molar-refractivity contribution is 0.559. The van der Waals surface area contributed by atoms with Crippen LogP contribution in [0.2, 0.25) is 0 Å². The largest absolute Gasteiger partial charge is 0.461 e. The van der Waals surface area contributed by atoms with E-state index in [0.717, 1.165) is 29.5 Å². The van der Waals surface area contributed by atoms with Gasteiger partial charge in [0.05, 0.1) is 11.1 Å². The van der Waals surface area contributed by atoms with Crippen molar-refractivity contribution in [3.63, 3.8) is 0 Å². The van der Waals surface area contributed by atoms with Crippen LogP contribution < -0.4 is 10.3 Å². The standard InChI is InChI=1S/C18H18N2O2S/c1-11-12(2)22-16-6-5-13(9-14(16)17(11)21)15-10-23-18(19-15)20-7-3-4-8-20/h5-6,9-10H,3-4,7-8H2,1-2H3. The van der Waals surface area contributed by atoms with Gasteiger partial charge in [0.2, 0.25) is 0 Å². The Bertz CT molecular complexity index is 936.